The van der Waals surface area contributed by atoms with Crippen LogP contribution < -0.4 is 10.9 Å². The van der Waals surface area contributed by atoms with Gasteiger partial charge in [0.25, 0.3) is 5.56 Å². The lowest BCUT2D eigenvalue weighted by molar-refractivity contribution is 0.0786. The molecule has 3 aromatic heterocycles. The Morgan fingerprint density at radius 2 is 2.00 bits per heavy atom. The predicted octanol–water partition coefficient (Wildman–Crippen LogP) is 4.59. The number of nitrogens with one attached hydrogen (secondary N) is 1. The number of anilines is 2. The summed E-state index contributed by atoms with van der Waals surface area (Å²) in [5, 5.41) is 15.3. The maximum Gasteiger partial charge on any atom is 0.278 e. The van der Waals surface area contributed by atoms with Crippen molar-refractivity contribution >= 4 is 33.6 Å². The van der Waals surface area contributed by atoms with Gasteiger partial charge in [-0.15, -0.1) is 6.58 Å². The minimum absolute atomic E-state index is 0.220. The van der Waals surface area contributed by atoms with Gasteiger partial charge >= 0.3 is 0 Å². The maximum absolute atomic E-state index is 13.2. The molecule has 5 rings (SSSR count). The average Bonchev–Trinajstić information content (AvgIpc) is 3.40. The number of hydrogen-bond acceptors (Lipinski definition) is 7. The third-order valence-electron chi connectivity index (χ3n) is 6.51. The molecule has 0 saturated heterocycles. The normalized spacial score (nSPS) is 12.1. The van der Waals surface area contributed by atoms with Gasteiger partial charge in [0.05, 0.1) is 24.1 Å². The Morgan fingerprint density at radius 1 is 1.18 bits per heavy atom. The molecule has 0 amide bonds. The summed E-state index contributed by atoms with van der Waals surface area (Å²) < 4.78 is 9.12. The van der Waals surface area contributed by atoms with Gasteiger partial charge in [0.2, 0.25) is 5.95 Å². The molecule has 0 saturated carbocycles. The van der Waals surface area contributed by atoms with Gasteiger partial charge in [0.15, 0.2) is 5.65 Å². The number of likely N-dealkylation sites (N-methyl/N-ethyl adjacent to an activating group) is 1. The Hall–Kier alpha value is -4.21. The summed E-state index contributed by atoms with van der Waals surface area (Å²) in [6.07, 6.45) is 5.91. The van der Waals surface area contributed by atoms with Gasteiger partial charge in [-0.2, -0.15) is 4.98 Å². The zero-order valence-electron chi connectivity index (χ0n) is 22.1. The number of hydrogen-bond donors (Lipinski definition) is 2. The van der Waals surface area contributed by atoms with E-state index in [0.717, 1.165) is 35.2 Å². The average molecular weight is 513 g/mol. The van der Waals surface area contributed by atoms with Gasteiger partial charge in [-0.05, 0) is 69.8 Å². The zero-order valence-corrected chi connectivity index (χ0v) is 22.1. The number of benzene rings is 2. The standard InChI is InChI=1S/C29H32N6O3/c1-6-13-34-27(36)24-17-30-28(32-26(24)35(34)22-9-7-8-20(15-22)29(2,3)37)31-21-10-11-23-19(12-14-33(4)5)18-38-25(23)16-21/h6-11,15-18,37H,1,12-14H2,2-5H3,(H,30,31,32). The zero-order chi connectivity index (χ0) is 27.0. The smallest absolute Gasteiger partial charge is 0.278 e. The van der Waals surface area contributed by atoms with E-state index < -0.39 is 5.60 Å². The molecule has 0 aliphatic heterocycles. The molecule has 0 fully saturated rings. The van der Waals surface area contributed by atoms with Crippen molar-refractivity contribution < 1.29 is 9.52 Å². The molecule has 0 radical (unpaired) electrons. The number of fused-ring (bicyclic) bond motifs is 2. The van der Waals surface area contributed by atoms with Crippen LogP contribution in [0.25, 0.3) is 27.7 Å². The molecule has 2 N–H and O–H groups in total. The molecule has 3 heterocycles. The van der Waals surface area contributed by atoms with Gasteiger partial charge in [-0.25, -0.2) is 14.3 Å². The van der Waals surface area contributed by atoms with Crippen LogP contribution in [0.5, 0.6) is 0 Å². The van der Waals surface area contributed by atoms with Crippen LogP contribution in [0, 0.1) is 0 Å². The minimum Gasteiger partial charge on any atom is -0.464 e. The van der Waals surface area contributed by atoms with E-state index in [1.165, 1.54) is 11.8 Å². The molecule has 0 aliphatic carbocycles. The molecule has 9 nitrogen and oxygen atoms in total. The van der Waals surface area contributed by atoms with Gasteiger partial charge in [-0.3, -0.25) is 4.79 Å². The van der Waals surface area contributed by atoms with E-state index in [1.807, 2.05) is 48.7 Å². The van der Waals surface area contributed by atoms with Crippen LogP contribution in [0.3, 0.4) is 0 Å². The van der Waals surface area contributed by atoms with Crippen LogP contribution in [-0.4, -0.2) is 50.0 Å². The first-order chi connectivity index (χ1) is 18.2. The van der Waals surface area contributed by atoms with Crippen LogP contribution in [0.4, 0.5) is 11.6 Å². The molecule has 2 aromatic carbocycles. The van der Waals surface area contributed by atoms with Gasteiger partial charge in [0, 0.05) is 29.9 Å². The van der Waals surface area contributed by atoms with E-state index in [4.69, 9.17) is 9.40 Å². The predicted molar refractivity (Wildman–Crippen MR) is 150 cm³/mol. The molecule has 9 heteroatoms. The largest absolute Gasteiger partial charge is 0.464 e. The van der Waals surface area contributed by atoms with Crippen LogP contribution in [0.15, 0.2) is 76.8 Å². The Bertz CT molecular complexity index is 1690. The first kappa shape index (κ1) is 25.4. The highest BCUT2D eigenvalue weighted by molar-refractivity contribution is 5.85. The second-order valence-electron chi connectivity index (χ2n) is 10.2. The Labute approximate surface area is 220 Å². The van der Waals surface area contributed by atoms with E-state index in [2.05, 4.69) is 35.9 Å². The summed E-state index contributed by atoms with van der Waals surface area (Å²) in [6.45, 7) is 8.48. The van der Waals surface area contributed by atoms with Crippen molar-refractivity contribution in [3.05, 3.63) is 89.1 Å². The van der Waals surface area contributed by atoms with Crippen LogP contribution >= 0.6 is 0 Å². The molecule has 196 valence electrons. The van der Waals surface area contributed by atoms with Crippen molar-refractivity contribution in [3.63, 3.8) is 0 Å². The number of rotatable bonds is 9. The monoisotopic (exact) mass is 512 g/mol. The molecular formula is C29H32N6O3. The van der Waals surface area contributed by atoms with Crippen molar-refractivity contribution in [1.82, 2.24) is 24.2 Å². The summed E-state index contributed by atoms with van der Waals surface area (Å²) in [5.74, 6) is 0.347. The topological polar surface area (TPSA) is 101 Å². The second kappa shape index (κ2) is 9.92. The summed E-state index contributed by atoms with van der Waals surface area (Å²) >= 11 is 0. The lowest BCUT2D eigenvalue weighted by atomic mass is 9.98. The molecular weight excluding hydrogens is 480 g/mol. The lowest BCUT2D eigenvalue weighted by Crippen LogP contribution is -2.22. The van der Waals surface area contributed by atoms with E-state index in [1.54, 1.807) is 29.3 Å². The second-order valence-corrected chi connectivity index (χ2v) is 10.2. The summed E-state index contributed by atoms with van der Waals surface area (Å²) in [7, 11) is 4.10. The molecule has 0 bridgehead atoms. The minimum atomic E-state index is -1.04. The highest BCUT2D eigenvalue weighted by atomic mass is 16.3. The van der Waals surface area contributed by atoms with Gasteiger partial charge < -0.3 is 19.7 Å². The van der Waals surface area contributed by atoms with E-state index >= 15 is 0 Å². The van der Waals surface area contributed by atoms with Crippen molar-refractivity contribution in [2.75, 3.05) is 26.0 Å². The lowest BCUT2D eigenvalue weighted by Gasteiger charge is -2.19. The summed E-state index contributed by atoms with van der Waals surface area (Å²) in [4.78, 5) is 24.5. The van der Waals surface area contributed by atoms with Crippen LogP contribution in [-0.2, 0) is 18.6 Å². The maximum atomic E-state index is 13.2. The third kappa shape index (κ3) is 4.85. The number of aromatic nitrogens is 4. The number of furan rings is 1. The van der Waals surface area contributed by atoms with E-state index in [9.17, 15) is 9.90 Å². The fourth-order valence-corrected chi connectivity index (χ4v) is 4.48. The quantitative estimate of drug-likeness (QED) is 0.279. The Morgan fingerprint density at radius 3 is 2.74 bits per heavy atom. The third-order valence-corrected chi connectivity index (χ3v) is 6.51. The molecule has 38 heavy (non-hydrogen) atoms. The Balaban J connectivity index is 1.55. The van der Waals surface area contributed by atoms with Crippen molar-refractivity contribution in [3.8, 4) is 5.69 Å². The first-order valence-electron chi connectivity index (χ1n) is 12.5. The van der Waals surface area contributed by atoms with E-state index in [0.29, 0.717) is 22.7 Å². The van der Waals surface area contributed by atoms with E-state index in [-0.39, 0.29) is 12.1 Å². The van der Waals surface area contributed by atoms with Crippen molar-refractivity contribution in [1.29, 1.82) is 0 Å². The van der Waals surface area contributed by atoms with Crippen molar-refractivity contribution in [2.24, 2.45) is 0 Å². The fraction of sp³-hybridized carbons (Fsp3) is 0.276. The molecule has 0 atom stereocenters. The fourth-order valence-electron chi connectivity index (χ4n) is 4.48. The molecule has 0 unspecified atom stereocenters. The number of nitrogens with zero attached hydrogens (tertiary/aromatic N) is 5. The summed E-state index contributed by atoms with van der Waals surface area (Å²) in [5.41, 5.74) is 3.33. The molecule has 0 spiro atoms. The highest BCUT2D eigenvalue weighted by Crippen LogP contribution is 2.27. The van der Waals surface area contributed by atoms with Crippen LogP contribution in [0.1, 0.15) is 25.0 Å². The summed E-state index contributed by atoms with van der Waals surface area (Å²) in [6, 6.07) is 13.3. The first-order valence-corrected chi connectivity index (χ1v) is 12.5. The number of allylic oxidation sites excluding steroid dienone is 1. The van der Waals surface area contributed by atoms with Gasteiger partial charge in [0.1, 0.15) is 11.0 Å². The SMILES string of the molecule is C=CCn1c(=O)c2cnc(Nc3ccc4c(CCN(C)C)coc4c3)nc2n1-c1cccc(C(C)(C)O)c1. The Kier molecular flexibility index (Phi) is 6.64. The van der Waals surface area contributed by atoms with Gasteiger partial charge in [-0.1, -0.05) is 18.2 Å². The molecule has 5 aromatic rings. The number of aliphatic hydroxyl groups is 1. The van der Waals surface area contributed by atoms with Crippen molar-refractivity contribution in [2.45, 2.75) is 32.4 Å². The molecule has 0 aliphatic rings. The van der Waals surface area contributed by atoms with Crippen LogP contribution in [0.2, 0.25) is 0 Å². The highest BCUT2D eigenvalue weighted by Gasteiger charge is 2.20.